The predicted octanol–water partition coefficient (Wildman–Crippen LogP) is 4.53. The normalized spacial score (nSPS) is 11.1. The molecular weight excluding hydrogens is 400 g/mol. The van der Waals surface area contributed by atoms with E-state index in [4.69, 9.17) is 28.4 Å². The summed E-state index contributed by atoms with van der Waals surface area (Å²) in [4.78, 5) is 11.7. The van der Waals surface area contributed by atoms with Crippen molar-refractivity contribution in [3.8, 4) is 28.7 Å². The topological polar surface area (TPSA) is 72.5 Å². The van der Waals surface area contributed by atoms with Gasteiger partial charge in [0.2, 0.25) is 0 Å². The van der Waals surface area contributed by atoms with Gasteiger partial charge in [-0.25, -0.2) is 4.79 Å². The van der Waals surface area contributed by atoms with Crippen LogP contribution in [-0.4, -0.2) is 48.6 Å². The highest BCUT2D eigenvalue weighted by molar-refractivity contribution is 6.17. The van der Waals surface area contributed by atoms with Crippen molar-refractivity contribution in [2.24, 2.45) is 0 Å². The molecular formula is C24H26O7. The van der Waals surface area contributed by atoms with Crippen LogP contribution in [0.5, 0.6) is 28.7 Å². The Morgan fingerprint density at radius 1 is 0.742 bits per heavy atom. The number of ether oxygens (including phenoxy) is 6. The molecule has 0 aliphatic carbocycles. The highest BCUT2D eigenvalue weighted by atomic mass is 16.5. The zero-order valence-electron chi connectivity index (χ0n) is 18.7. The van der Waals surface area contributed by atoms with E-state index in [1.165, 1.54) is 13.2 Å². The summed E-state index contributed by atoms with van der Waals surface area (Å²) < 4.78 is 33.4. The van der Waals surface area contributed by atoms with Crippen molar-refractivity contribution in [3.05, 3.63) is 35.4 Å². The number of benzene rings is 3. The van der Waals surface area contributed by atoms with Gasteiger partial charge >= 0.3 is 5.97 Å². The monoisotopic (exact) mass is 426 g/mol. The fourth-order valence-corrected chi connectivity index (χ4v) is 3.90. The molecule has 0 fully saturated rings. The lowest BCUT2D eigenvalue weighted by Crippen LogP contribution is -2.01. The van der Waals surface area contributed by atoms with E-state index < -0.39 is 5.97 Å². The molecule has 0 aliphatic heterocycles. The van der Waals surface area contributed by atoms with Gasteiger partial charge in [0.25, 0.3) is 0 Å². The molecule has 3 rings (SSSR count). The first-order valence-corrected chi connectivity index (χ1v) is 9.53. The van der Waals surface area contributed by atoms with Gasteiger partial charge in [0.15, 0.2) is 0 Å². The number of rotatable bonds is 7. The second kappa shape index (κ2) is 9.04. The minimum absolute atomic E-state index is 0.462. The first-order valence-electron chi connectivity index (χ1n) is 9.53. The Balaban J connectivity index is 2.60. The fourth-order valence-electron chi connectivity index (χ4n) is 3.90. The van der Waals surface area contributed by atoms with Crippen LogP contribution >= 0.6 is 0 Å². The Kier molecular flexibility index (Phi) is 6.44. The van der Waals surface area contributed by atoms with Gasteiger partial charge in [0.1, 0.15) is 28.7 Å². The largest absolute Gasteiger partial charge is 0.496 e. The Hall–Kier alpha value is -3.61. The molecule has 0 bridgehead atoms. The standard InChI is InChI=1S/C24H26O7/c1-13-14(8-11-19(25)29-5)18(28-4)12-15-20(13)24(31-7)22-17(27-3)10-9-16(26-2)21(22)23(15)30-6/h8-12H,1-7H3/b11-8+. The predicted molar refractivity (Wildman–Crippen MR) is 120 cm³/mol. The molecule has 3 aromatic carbocycles. The van der Waals surface area contributed by atoms with E-state index in [0.29, 0.717) is 28.7 Å². The molecule has 3 aromatic rings. The van der Waals surface area contributed by atoms with Gasteiger partial charge in [-0.3, -0.25) is 0 Å². The Labute approximate surface area is 181 Å². The van der Waals surface area contributed by atoms with Crippen molar-refractivity contribution < 1.29 is 33.2 Å². The lowest BCUT2D eigenvalue weighted by Gasteiger charge is -2.21. The Morgan fingerprint density at radius 2 is 1.29 bits per heavy atom. The van der Waals surface area contributed by atoms with Gasteiger partial charge < -0.3 is 28.4 Å². The van der Waals surface area contributed by atoms with Crippen LogP contribution in [0.4, 0.5) is 0 Å². The number of carbonyl (C=O) groups is 1. The number of hydrogen-bond donors (Lipinski definition) is 0. The van der Waals surface area contributed by atoms with E-state index in [1.807, 2.05) is 25.1 Å². The molecule has 0 aromatic heterocycles. The van der Waals surface area contributed by atoms with Crippen molar-refractivity contribution in [3.63, 3.8) is 0 Å². The highest BCUT2D eigenvalue weighted by Crippen LogP contribution is 2.52. The summed E-state index contributed by atoms with van der Waals surface area (Å²) in [5.41, 5.74) is 1.57. The maximum atomic E-state index is 11.7. The molecule has 0 N–H and O–H groups in total. The maximum Gasteiger partial charge on any atom is 0.330 e. The molecule has 0 aliphatic rings. The van der Waals surface area contributed by atoms with Crippen molar-refractivity contribution >= 4 is 33.6 Å². The number of fused-ring (bicyclic) bond motifs is 2. The Morgan fingerprint density at radius 3 is 1.77 bits per heavy atom. The van der Waals surface area contributed by atoms with Gasteiger partial charge in [-0.2, -0.15) is 0 Å². The van der Waals surface area contributed by atoms with E-state index in [0.717, 1.165) is 32.7 Å². The number of carbonyl (C=O) groups excluding carboxylic acids is 1. The van der Waals surface area contributed by atoms with Gasteiger partial charge in [0.05, 0.1) is 53.4 Å². The minimum Gasteiger partial charge on any atom is -0.496 e. The molecule has 0 heterocycles. The van der Waals surface area contributed by atoms with Crippen molar-refractivity contribution in [1.82, 2.24) is 0 Å². The van der Waals surface area contributed by atoms with Crippen molar-refractivity contribution in [2.45, 2.75) is 6.92 Å². The highest BCUT2D eigenvalue weighted by Gasteiger charge is 2.25. The summed E-state index contributed by atoms with van der Waals surface area (Å²) in [6.45, 7) is 1.93. The summed E-state index contributed by atoms with van der Waals surface area (Å²) in [6.07, 6.45) is 3.02. The Bertz CT molecular complexity index is 1180. The van der Waals surface area contributed by atoms with Crippen LogP contribution in [0.3, 0.4) is 0 Å². The average Bonchev–Trinajstić information content (AvgIpc) is 2.80. The van der Waals surface area contributed by atoms with E-state index in [9.17, 15) is 4.79 Å². The van der Waals surface area contributed by atoms with E-state index >= 15 is 0 Å². The van der Waals surface area contributed by atoms with E-state index in [-0.39, 0.29) is 0 Å². The molecule has 0 saturated carbocycles. The number of hydrogen-bond acceptors (Lipinski definition) is 7. The van der Waals surface area contributed by atoms with Crippen LogP contribution in [0.15, 0.2) is 24.3 Å². The lowest BCUT2D eigenvalue weighted by atomic mass is 9.92. The first-order chi connectivity index (χ1) is 15.0. The molecule has 0 saturated heterocycles. The molecule has 7 heteroatoms. The smallest absolute Gasteiger partial charge is 0.330 e. The second-order valence-corrected chi connectivity index (χ2v) is 6.68. The molecule has 0 unspecified atom stereocenters. The van der Waals surface area contributed by atoms with Crippen molar-refractivity contribution in [2.75, 3.05) is 42.7 Å². The van der Waals surface area contributed by atoms with E-state index in [2.05, 4.69) is 0 Å². The van der Waals surface area contributed by atoms with Gasteiger partial charge in [-0.05, 0) is 36.8 Å². The summed E-state index contributed by atoms with van der Waals surface area (Å²) in [5, 5.41) is 3.05. The molecule has 0 radical (unpaired) electrons. The second-order valence-electron chi connectivity index (χ2n) is 6.68. The summed E-state index contributed by atoms with van der Waals surface area (Å²) in [7, 11) is 9.31. The van der Waals surface area contributed by atoms with Gasteiger partial charge in [-0.15, -0.1) is 0 Å². The number of methoxy groups -OCH3 is 6. The summed E-state index contributed by atoms with van der Waals surface area (Å²) >= 11 is 0. The molecule has 0 amide bonds. The summed E-state index contributed by atoms with van der Waals surface area (Å²) in [5.74, 6) is 2.57. The molecule has 164 valence electrons. The van der Waals surface area contributed by atoms with Crippen LogP contribution in [0, 0.1) is 6.92 Å². The first kappa shape index (κ1) is 22.1. The summed E-state index contributed by atoms with van der Waals surface area (Å²) in [6, 6.07) is 5.51. The number of esters is 1. The fraction of sp³-hybridized carbons (Fsp3) is 0.292. The maximum absolute atomic E-state index is 11.7. The minimum atomic E-state index is -0.462. The van der Waals surface area contributed by atoms with Gasteiger partial charge in [0, 0.05) is 22.4 Å². The number of aryl methyl sites for hydroxylation is 1. The molecule has 7 nitrogen and oxygen atoms in total. The molecule has 0 spiro atoms. The van der Waals surface area contributed by atoms with E-state index in [1.54, 1.807) is 41.6 Å². The SMILES string of the molecule is COC(=O)/C=C/c1c(OC)cc2c(OC)c3c(OC)ccc(OC)c3c(OC)c2c1C. The van der Waals surface area contributed by atoms with Crippen LogP contribution < -0.4 is 23.7 Å². The van der Waals surface area contributed by atoms with Crippen molar-refractivity contribution in [1.29, 1.82) is 0 Å². The third-order valence-electron chi connectivity index (χ3n) is 5.30. The van der Waals surface area contributed by atoms with Crippen LogP contribution in [-0.2, 0) is 9.53 Å². The van der Waals surface area contributed by atoms with Crippen LogP contribution in [0.2, 0.25) is 0 Å². The third kappa shape index (κ3) is 3.56. The quantitative estimate of drug-likeness (QED) is 0.312. The average molecular weight is 426 g/mol. The zero-order chi connectivity index (χ0) is 22.7. The van der Waals surface area contributed by atoms with Crippen LogP contribution in [0.1, 0.15) is 11.1 Å². The van der Waals surface area contributed by atoms with Gasteiger partial charge in [-0.1, -0.05) is 0 Å². The zero-order valence-corrected chi connectivity index (χ0v) is 18.7. The van der Waals surface area contributed by atoms with Crippen LogP contribution in [0.25, 0.3) is 27.6 Å². The third-order valence-corrected chi connectivity index (χ3v) is 5.30. The molecule has 0 atom stereocenters. The lowest BCUT2D eigenvalue weighted by molar-refractivity contribution is -0.134. The molecule has 31 heavy (non-hydrogen) atoms.